The lowest BCUT2D eigenvalue weighted by Gasteiger charge is -2.13. The Balaban J connectivity index is 1.60. The van der Waals surface area contributed by atoms with Gasteiger partial charge in [0, 0.05) is 31.3 Å². The molecule has 0 unspecified atom stereocenters. The van der Waals surface area contributed by atoms with Gasteiger partial charge >= 0.3 is 6.18 Å². The highest BCUT2D eigenvalue weighted by molar-refractivity contribution is 5.98. The third kappa shape index (κ3) is 5.63. The first-order valence-corrected chi connectivity index (χ1v) is 10.7. The molecule has 6 nitrogen and oxygen atoms in total. The van der Waals surface area contributed by atoms with Crippen LogP contribution in [-0.4, -0.2) is 27.8 Å². The lowest BCUT2D eigenvalue weighted by Crippen LogP contribution is -2.08. The van der Waals surface area contributed by atoms with Crippen LogP contribution < -0.4 is 10.1 Å². The minimum Gasteiger partial charge on any atom is -0.438 e. The molecule has 0 saturated heterocycles. The largest absolute Gasteiger partial charge is 0.438 e. The van der Waals surface area contributed by atoms with E-state index in [0.717, 1.165) is 17.7 Å². The summed E-state index contributed by atoms with van der Waals surface area (Å²) in [5, 5.41) is 2.95. The van der Waals surface area contributed by atoms with Crippen LogP contribution in [0.5, 0.6) is 11.6 Å². The van der Waals surface area contributed by atoms with E-state index in [9.17, 15) is 18.0 Å². The average Bonchev–Trinajstić information content (AvgIpc) is 2.85. The van der Waals surface area contributed by atoms with Gasteiger partial charge in [-0.25, -0.2) is 15.0 Å². The predicted molar refractivity (Wildman–Crippen MR) is 126 cm³/mol. The molecule has 0 spiro atoms. The van der Waals surface area contributed by atoms with Crippen molar-refractivity contribution in [2.45, 2.75) is 19.5 Å². The van der Waals surface area contributed by atoms with E-state index in [1.54, 1.807) is 43.6 Å². The zero-order chi connectivity index (χ0) is 25.0. The number of pyridine rings is 1. The minimum atomic E-state index is -4.47. The van der Waals surface area contributed by atoms with Gasteiger partial charge in [-0.1, -0.05) is 30.3 Å². The molecule has 2 aromatic carbocycles. The summed E-state index contributed by atoms with van der Waals surface area (Å²) in [6.45, 7) is 1.82. The summed E-state index contributed by atoms with van der Waals surface area (Å²) in [5.74, 6) is 0.995. The molecular weight excluding hydrogens is 457 g/mol. The average molecular weight is 478 g/mol. The summed E-state index contributed by atoms with van der Waals surface area (Å²) in [6, 6.07) is 15.0. The molecule has 4 aromatic rings. The van der Waals surface area contributed by atoms with Gasteiger partial charge in [-0.05, 0) is 42.3 Å². The van der Waals surface area contributed by atoms with Crippen molar-refractivity contribution in [3.05, 3.63) is 95.4 Å². The molecule has 1 N–H and O–H groups in total. The molecule has 0 aliphatic carbocycles. The van der Waals surface area contributed by atoms with E-state index in [1.807, 2.05) is 13.0 Å². The fraction of sp³-hybridized carbons (Fsp3) is 0.154. The number of benzene rings is 2. The predicted octanol–water partition coefficient (Wildman–Crippen LogP) is 6.13. The van der Waals surface area contributed by atoms with Crippen molar-refractivity contribution in [1.29, 1.82) is 0 Å². The van der Waals surface area contributed by atoms with Gasteiger partial charge in [0.05, 0.1) is 16.8 Å². The Kier molecular flexibility index (Phi) is 6.77. The number of hydrogen-bond acceptors (Lipinski definition) is 6. The van der Waals surface area contributed by atoms with Gasteiger partial charge in [0.1, 0.15) is 17.9 Å². The molecule has 0 amide bonds. The normalized spacial score (nSPS) is 11.2. The first-order valence-electron chi connectivity index (χ1n) is 10.7. The van der Waals surface area contributed by atoms with E-state index in [1.165, 1.54) is 18.5 Å². The second-order valence-corrected chi connectivity index (χ2v) is 7.78. The van der Waals surface area contributed by atoms with Crippen molar-refractivity contribution in [2.75, 3.05) is 12.4 Å². The highest BCUT2D eigenvalue weighted by atomic mass is 19.4. The minimum absolute atomic E-state index is 0.172. The first-order chi connectivity index (χ1) is 16.7. The summed E-state index contributed by atoms with van der Waals surface area (Å²) in [7, 11) is 1.75. The van der Waals surface area contributed by atoms with Crippen molar-refractivity contribution in [1.82, 2.24) is 15.0 Å². The number of ketones is 1. The molecule has 0 bridgehead atoms. The van der Waals surface area contributed by atoms with Crippen LogP contribution in [0.2, 0.25) is 0 Å². The molecule has 0 aliphatic rings. The molecule has 178 valence electrons. The maximum absolute atomic E-state index is 13.0. The van der Waals surface area contributed by atoms with Gasteiger partial charge in [-0.2, -0.15) is 13.2 Å². The quantitative estimate of drug-likeness (QED) is 0.322. The number of nitrogens with one attached hydrogen (secondary N) is 1. The maximum Gasteiger partial charge on any atom is 0.416 e. The third-order valence-corrected chi connectivity index (χ3v) is 5.31. The molecule has 2 aromatic heterocycles. The van der Waals surface area contributed by atoms with Crippen molar-refractivity contribution >= 4 is 11.6 Å². The number of halogens is 3. The van der Waals surface area contributed by atoms with Crippen LogP contribution in [0.15, 0.2) is 73.2 Å². The number of aryl methyl sites for hydroxylation is 1. The van der Waals surface area contributed by atoms with Gasteiger partial charge in [-0.3, -0.25) is 4.79 Å². The number of hydrogen-bond donors (Lipinski definition) is 1. The molecule has 2 heterocycles. The monoisotopic (exact) mass is 478 g/mol. The number of alkyl halides is 3. The summed E-state index contributed by atoms with van der Waals surface area (Å²) in [6.07, 6.45) is -1.63. The zero-order valence-corrected chi connectivity index (χ0v) is 18.9. The third-order valence-electron chi connectivity index (χ3n) is 5.31. The molecule has 0 aliphatic heterocycles. The number of nitrogens with zero attached hydrogens (tertiary/aromatic N) is 3. The Hall–Kier alpha value is -4.27. The fourth-order valence-corrected chi connectivity index (χ4v) is 3.44. The van der Waals surface area contributed by atoms with Crippen molar-refractivity contribution in [3.63, 3.8) is 0 Å². The van der Waals surface area contributed by atoms with E-state index >= 15 is 0 Å². The standard InChI is InChI=1S/C26H21F3N4O2/c1-16-8-9-18(22(34)12-17-5-3-6-19(11-17)26(27,28)29)13-23(16)35-25-20(7-4-10-31-25)21-14-24(30-2)33-15-32-21/h3-11,13-15H,12H2,1-2H3,(H,30,32,33). The van der Waals surface area contributed by atoms with Crippen molar-refractivity contribution in [3.8, 4) is 22.9 Å². The summed E-state index contributed by atoms with van der Waals surface area (Å²) in [4.78, 5) is 25.6. The first kappa shape index (κ1) is 23.9. The number of rotatable bonds is 7. The number of aromatic nitrogens is 3. The SMILES string of the molecule is CNc1cc(-c2cccnc2Oc2cc(C(=O)Cc3cccc(C(F)(F)F)c3)ccc2C)ncn1. The highest BCUT2D eigenvalue weighted by Crippen LogP contribution is 2.33. The zero-order valence-electron chi connectivity index (χ0n) is 18.9. The second kappa shape index (κ2) is 9.92. The van der Waals surface area contributed by atoms with Crippen LogP contribution in [0.3, 0.4) is 0 Å². The van der Waals surface area contributed by atoms with Crippen LogP contribution in [0.4, 0.5) is 19.0 Å². The van der Waals surface area contributed by atoms with E-state index < -0.39 is 11.7 Å². The fourth-order valence-electron chi connectivity index (χ4n) is 3.44. The molecular formula is C26H21F3N4O2. The van der Waals surface area contributed by atoms with Crippen LogP contribution in [0, 0.1) is 6.92 Å². The Morgan fingerprint density at radius 1 is 1.00 bits per heavy atom. The van der Waals surface area contributed by atoms with Crippen LogP contribution >= 0.6 is 0 Å². The van der Waals surface area contributed by atoms with E-state index in [4.69, 9.17) is 4.74 Å². The summed E-state index contributed by atoms with van der Waals surface area (Å²) < 4.78 is 45.1. The Morgan fingerprint density at radius 3 is 2.60 bits per heavy atom. The summed E-state index contributed by atoms with van der Waals surface area (Å²) in [5.41, 5.74) is 1.80. The van der Waals surface area contributed by atoms with Gasteiger partial charge in [0.15, 0.2) is 5.78 Å². The van der Waals surface area contributed by atoms with Crippen LogP contribution in [0.1, 0.15) is 27.0 Å². The molecule has 4 rings (SSSR count). The van der Waals surface area contributed by atoms with Gasteiger partial charge in [0.25, 0.3) is 0 Å². The number of anilines is 1. The van der Waals surface area contributed by atoms with Gasteiger partial charge in [0.2, 0.25) is 5.88 Å². The van der Waals surface area contributed by atoms with Crippen molar-refractivity contribution < 1.29 is 22.7 Å². The van der Waals surface area contributed by atoms with E-state index in [0.29, 0.717) is 34.3 Å². The number of ether oxygens (including phenoxy) is 1. The van der Waals surface area contributed by atoms with Crippen LogP contribution in [0.25, 0.3) is 11.3 Å². The Labute approximate surface area is 199 Å². The Bertz CT molecular complexity index is 1370. The molecule has 0 saturated carbocycles. The van der Waals surface area contributed by atoms with Gasteiger partial charge < -0.3 is 10.1 Å². The van der Waals surface area contributed by atoms with Gasteiger partial charge in [-0.15, -0.1) is 0 Å². The van der Waals surface area contributed by atoms with E-state index in [-0.39, 0.29) is 17.8 Å². The van der Waals surface area contributed by atoms with Crippen molar-refractivity contribution in [2.24, 2.45) is 0 Å². The Morgan fingerprint density at radius 2 is 1.83 bits per heavy atom. The highest BCUT2D eigenvalue weighted by Gasteiger charge is 2.30. The summed E-state index contributed by atoms with van der Waals surface area (Å²) >= 11 is 0. The molecule has 0 radical (unpaired) electrons. The lowest BCUT2D eigenvalue weighted by molar-refractivity contribution is -0.137. The number of carbonyl (C=O) groups excluding carboxylic acids is 1. The van der Waals surface area contributed by atoms with Crippen LogP contribution in [-0.2, 0) is 12.6 Å². The molecule has 0 atom stereocenters. The molecule has 35 heavy (non-hydrogen) atoms. The second-order valence-electron chi connectivity index (χ2n) is 7.78. The van der Waals surface area contributed by atoms with E-state index in [2.05, 4.69) is 20.3 Å². The smallest absolute Gasteiger partial charge is 0.416 e. The topological polar surface area (TPSA) is 77.0 Å². The number of carbonyl (C=O) groups is 1. The lowest BCUT2D eigenvalue weighted by atomic mass is 10.00. The molecule has 9 heteroatoms. The molecule has 0 fully saturated rings. The number of Topliss-reactive ketones (excluding diaryl/α,β-unsaturated/α-hetero) is 1. The maximum atomic E-state index is 13.0.